The number of methoxy groups -OCH3 is 1. The number of nitrogens with zero attached hydrogens (tertiary/aromatic N) is 2. The maximum atomic E-state index is 12.3. The fraction of sp³-hybridized carbons (Fsp3) is 0.500. The Labute approximate surface area is 122 Å². The van der Waals surface area contributed by atoms with Crippen LogP contribution in [0.5, 0.6) is 0 Å². The molecule has 0 spiro atoms. The van der Waals surface area contributed by atoms with Crippen LogP contribution in [0.3, 0.4) is 0 Å². The van der Waals surface area contributed by atoms with Gasteiger partial charge in [0.2, 0.25) is 10.0 Å². The van der Waals surface area contributed by atoms with Crippen LogP contribution in [0, 0.1) is 0 Å². The molecule has 1 aromatic heterocycles. The van der Waals surface area contributed by atoms with Crippen molar-refractivity contribution in [3.63, 3.8) is 0 Å². The maximum Gasteiger partial charge on any atom is 0.244 e. The Balaban J connectivity index is 3.07. The monoisotopic (exact) mass is 328 g/mol. The average molecular weight is 329 g/mol. The van der Waals surface area contributed by atoms with Crippen molar-refractivity contribution in [3.05, 3.63) is 22.4 Å². The van der Waals surface area contributed by atoms with Crippen LogP contribution in [0.1, 0.15) is 0 Å². The molecule has 0 radical (unpaired) electrons. The third kappa shape index (κ3) is 4.27. The summed E-state index contributed by atoms with van der Waals surface area (Å²) >= 11 is 11.4. The van der Waals surface area contributed by atoms with Gasteiger partial charge >= 0.3 is 0 Å². The van der Waals surface area contributed by atoms with E-state index < -0.39 is 10.0 Å². The second-order valence-electron chi connectivity index (χ2n) is 3.56. The van der Waals surface area contributed by atoms with Gasteiger partial charge in [0, 0.05) is 26.4 Å². The summed E-state index contributed by atoms with van der Waals surface area (Å²) in [6.07, 6.45) is 1.13. The highest BCUT2D eigenvalue weighted by atomic mass is 35.5. The summed E-state index contributed by atoms with van der Waals surface area (Å²) in [7, 11) is -2.32. The fourth-order valence-electron chi connectivity index (χ4n) is 1.35. The normalized spacial score (nSPS) is 12.1. The Hall–Kier alpha value is -0.440. The number of aliphatic hydroxyl groups excluding tert-OH is 1. The highest BCUT2D eigenvalue weighted by Crippen LogP contribution is 2.24. The zero-order chi connectivity index (χ0) is 14.5. The first-order valence-electron chi connectivity index (χ1n) is 5.34. The molecule has 1 aromatic rings. The van der Waals surface area contributed by atoms with E-state index in [9.17, 15) is 8.42 Å². The molecule has 1 rings (SSSR count). The van der Waals surface area contributed by atoms with E-state index in [1.54, 1.807) is 0 Å². The summed E-state index contributed by atoms with van der Waals surface area (Å²) < 4.78 is 30.6. The van der Waals surface area contributed by atoms with Crippen molar-refractivity contribution in [2.75, 3.05) is 33.4 Å². The van der Waals surface area contributed by atoms with Crippen LogP contribution in [0.4, 0.5) is 0 Å². The molecule has 0 unspecified atom stereocenters. The molecule has 1 heterocycles. The molecule has 0 atom stereocenters. The number of ether oxygens (including phenoxy) is 1. The van der Waals surface area contributed by atoms with Crippen LogP contribution in [-0.4, -0.2) is 56.2 Å². The molecule has 0 fully saturated rings. The van der Waals surface area contributed by atoms with E-state index >= 15 is 0 Å². The molecule has 1 N–H and O–H groups in total. The lowest BCUT2D eigenvalue weighted by Gasteiger charge is -2.20. The van der Waals surface area contributed by atoms with E-state index in [0.29, 0.717) is 0 Å². The molecule has 0 saturated carbocycles. The molecule has 0 bridgehead atoms. The zero-order valence-corrected chi connectivity index (χ0v) is 12.5. The predicted octanol–water partition coefficient (Wildman–Crippen LogP) is 1.02. The van der Waals surface area contributed by atoms with Crippen LogP contribution >= 0.6 is 23.2 Å². The maximum absolute atomic E-state index is 12.3. The number of halogens is 2. The number of rotatable bonds is 7. The second kappa shape index (κ2) is 7.37. The standard InChI is InChI=1S/C10H14Cl2N2O4S/c1-18-5-3-14(2-4-15)19(16,17)8-6-9(11)10(12)13-7-8/h6-7,15H,2-5H2,1H3. The number of pyridine rings is 1. The zero-order valence-electron chi connectivity index (χ0n) is 10.2. The van der Waals surface area contributed by atoms with Gasteiger partial charge in [-0.05, 0) is 6.07 Å². The summed E-state index contributed by atoms with van der Waals surface area (Å²) in [4.78, 5) is 3.62. The van der Waals surface area contributed by atoms with Crippen molar-refractivity contribution in [1.29, 1.82) is 0 Å². The third-order valence-corrected chi connectivity index (χ3v) is 4.85. The minimum atomic E-state index is -3.79. The first-order valence-corrected chi connectivity index (χ1v) is 7.54. The van der Waals surface area contributed by atoms with Gasteiger partial charge in [-0.3, -0.25) is 0 Å². The first-order chi connectivity index (χ1) is 8.93. The van der Waals surface area contributed by atoms with Crippen LogP contribution in [-0.2, 0) is 14.8 Å². The van der Waals surface area contributed by atoms with E-state index in [-0.39, 0.29) is 41.4 Å². The molecule has 0 aliphatic carbocycles. The topological polar surface area (TPSA) is 79.7 Å². The van der Waals surface area contributed by atoms with Crippen LogP contribution in [0.15, 0.2) is 17.2 Å². The largest absolute Gasteiger partial charge is 0.395 e. The van der Waals surface area contributed by atoms with Crippen molar-refractivity contribution in [2.24, 2.45) is 0 Å². The second-order valence-corrected chi connectivity index (χ2v) is 6.27. The summed E-state index contributed by atoms with van der Waals surface area (Å²) in [5.74, 6) is 0. The van der Waals surface area contributed by atoms with Gasteiger partial charge in [-0.2, -0.15) is 4.31 Å². The lowest BCUT2D eigenvalue weighted by Crippen LogP contribution is -2.36. The van der Waals surface area contributed by atoms with Gasteiger partial charge in [-0.25, -0.2) is 13.4 Å². The van der Waals surface area contributed by atoms with Gasteiger partial charge < -0.3 is 9.84 Å². The molecule has 0 aliphatic heterocycles. The van der Waals surface area contributed by atoms with Crippen molar-refractivity contribution in [3.8, 4) is 0 Å². The van der Waals surface area contributed by atoms with E-state index in [1.165, 1.54) is 13.2 Å². The Kier molecular flexibility index (Phi) is 6.45. The molecule has 0 aromatic carbocycles. The Morgan fingerprint density at radius 1 is 1.42 bits per heavy atom. The third-order valence-electron chi connectivity index (χ3n) is 2.30. The molecule has 9 heteroatoms. The van der Waals surface area contributed by atoms with Gasteiger partial charge in [0.25, 0.3) is 0 Å². The molecule has 0 aliphatic rings. The molecular formula is C10H14Cl2N2O4S. The Bertz CT molecular complexity index is 524. The van der Waals surface area contributed by atoms with E-state index in [0.717, 1.165) is 10.5 Å². The molecule has 19 heavy (non-hydrogen) atoms. The van der Waals surface area contributed by atoms with Gasteiger partial charge in [-0.15, -0.1) is 0 Å². The number of sulfonamides is 1. The number of aliphatic hydroxyl groups is 1. The summed E-state index contributed by atoms with van der Waals surface area (Å²) in [6.45, 7) is 0.0112. The lowest BCUT2D eigenvalue weighted by molar-refractivity contribution is 0.168. The van der Waals surface area contributed by atoms with Crippen molar-refractivity contribution in [2.45, 2.75) is 4.90 Å². The molecule has 108 valence electrons. The van der Waals surface area contributed by atoms with Crippen LogP contribution < -0.4 is 0 Å². The molecule has 0 saturated heterocycles. The van der Waals surface area contributed by atoms with E-state index in [4.69, 9.17) is 33.0 Å². The minimum absolute atomic E-state index is 0.0335. The molecule has 6 nitrogen and oxygen atoms in total. The number of aromatic nitrogens is 1. The van der Waals surface area contributed by atoms with E-state index in [2.05, 4.69) is 4.98 Å². The molecular weight excluding hydrogens is 315 g/mol. The number of hydrogen-bond donors (Lipinski definition) is 1. The Morgan fingerprint density at radius 3 is 2.63 bits per heavy atom. The van der Waals surface area contributed by atoms with Crippen molar-refractivity contribution < 1.29 is 18.3 Å². The first kappa shape index (κ1) is 16.6. The fourth-order valence-corrected chi connectivity index (χ4v) is 3.07. The predicted molar refractivity (Wildman–Crippen MR) is 72.0 cm³/mol. The SMILES string of the molecule is COCCN(CCO)S(=O)(=O)c1cnc(Cl)c(Cl)c1. The summed E-state index contributed by atoms with van der Waals surface area (Å²) in [6, 6.07) is 1.23. The quantitative estimate of drug-likeness (QED) is 0.756. The smallest absolute Gasteiger partial charge is 0.244 e. The summed E-state index contributed by atoms with van der Waals surface area (Å²) in [5.41, 5.74) is 0. The van der Waals surface area contributed by atoms with Gasteiger partial charge in [-0.1, -0.05) is 23.2 Å². The van der Waals surface area contributed by atoms with Gasteiger partial charge in [0.05, 0.1) is 18.2 Å². The summed E-state index contributed by atoms with van der Waals surface area (Å²) in [5, 5.41) is 9.02. The molecule has 0 amide bonds. The van der Waals surface area contributed by atoms with Gasteiger partial charge in [0.1, 0.15) is 10.0 Å². The highest BCUT2D eigenvalue weighted by Gasteiger charge is 2.24. The highest BCUT2D eigenvalue weighted by molar-refractivity contribution is 7.89. The van der Waals surface area contributed by atoms with Gasteiger partial charge in [0.15, 0.2) is 0 Å². The van der Waals surface area contributed by atoms with Crippen LogP contribution in [0.2, 0.25) is 10.2 Å². The minimum Gasteiger partial charge on any atom is -0.395 e. The van der Waals surface area contributed by atoms with Crippen molar-refractivity contribution in [1.82, 2.24) is 9.29 Å². The average Bonchev–Trinajstić information content (AvgIpc) is 2.37. The van der Waals surface area contributed by atoms with E-state index in [1.807, 2.05) is 0 Å². The van der Waals surface area contributed by atoms with Crippen molar-refractivity contribution >= 4 is 33.2 Å². The number of hydrogen-bond acceptors (Lipinski definition) is 5. The van der Waals surface area contributed by atoms with Crippen LogP contribution in [0.25, 0.3) is 0 Å². The Morgan fingerprint density at radius 2 is 2.11 bits per heavy atom. The lowest BCUT2D eigenvalue weighted by atomic mass is 10.5.